The summed E-state index contributed by atoms with van der Waals surface area (Å²) in [5.41, 5.74) is -0.996. The molecule has 3 nitrogen and oxygen atoms in total. The van der Waals surface area contributed by atoms with Crippen molar-refractivity contribution in [2.45, 2.75) is 19.5 Å². The molecule has 1 aromatic carbocycles. The Kier molecular flexibility index (Phi) is 5.64. The number of rotatable bonds is 6. The van der Waals surface area contributed by atoms with Gasteiger partial charge in [0.1, 0.15) is 18.4 Å². The van der Waals surface area contributed by atoms with Gasteiger partial charge in [0, 0.05) is 6.61 Å². The Hall–Kier alpha value is -1.74. The molecule has 0 aliphatic carbocycles. The van der Waals surface area contributed by atoms with Crippen LogP contribution in [0.2, 0.25) is 0 Å². The minimum absolute atomic E-state index is 0.134. The first-order valence-corrected chi connectivity index (χ1v) is 5.81. The molecular formula is C13H14F3NO2. The smallest absolute Gasteiger partial charge is 0.416 e. The van der Waals surface area contributed by atoms with Crippen LogP contribution in [0.4, 0.5) is 13.2 Å². The van der Waals surface area contributed by atoms with Crippen molar-refractivity contribution in [1.29, 1.82) is 5.26 Å². The minimum atomic E-state index is -4.46. The SMILES string of the molecule is CCCOCCOc1ccc(C(F)(F)F)cc1C#N. The third-order valence-corrected chi connectivity index (χ3v) is 2.26. The highest BCUT2D eigenvalue weighted by atomic mass is 19.4. The lowest BCUT2D eigenvalue weighted by molar-refractivity contribution is -0.137. The lowest BCUT2D eigenvalue weighted by atomic mass is 10.1. The van der Waals surface area contributed by atoms with Crippen LogP contribution in [-0.2, 0) is 10.9 Å². The van der Waals surface area contributed by atoms with Crippen LogP contribution in [-0.4, -0.2) is 19.8 Å². The summed E-state index contributed by atoms with van der Waals surface area (Å²) in [5.74, 6) is 0.135. The van der Waals surface area contributed by atoms with Gasteiger partial charge in [0.2, 0.25) is 0 Å². The van der Waals surface area contributed by atoms with Crippen molar-refractivity contribution in [3.05, 3.63) is 29.3 Å². The van der Waals surface area contributed by atoms with Gasteiger partial charge in [-0.3, -0.25) is 0 Å². The number of nitrogens with zero attached hydrogens (tertiary/aromatic N) is 1. The number of halogens is 3. The van der Waals surface area contributed by atoms with Gasteiger partial charge in [-0.15, -0.1) is 0 Å². The van der Waals surface area contributed by atoms with Crippen LogP contribution in [0, 0.1) is 11.3 Å². The first kappa shape index (κ1) is 15.3. The topological polar surface area (TPSA) is 42.2 Å². The molecular weight excluding hydrogens is 259 g/mol. The van der Waals surface area contributed by atoms with Gasteiger partial charge >= 0.3 is 6.18 Å². The molecule has 104 valence electrons. The van der Waals surface area contributed by atoms with Crippen LogP contribution < -0.4 is 4.74 Å². The van der Waals surface area contributed by atoms with Crippen molar-refractivity contribution in [1.82, 2.24) is 0 Å². The molecule has 0 aliphatic rings. The Morgan fingerprint density at radius 1 is 1.21 bits per heavy atom. The summed E-state index contributed by atoms with van der Waals surface area (Å²) in [6, 6.07) is 4.52. The molecule has 1 rings (SSSR count). The van der Waals surface area contributed by atoms with E-state index < -0.39 is 11.7 Å². The lowest BCUT2D eigenvalue weighted by Crippen LogP contribution is -2.09. The van der Waals surface area contributed by atoms with E-state index in [0.717, 1.165) is 24.6 Å². The zero-order chi connectivity index (χ0) is 14.3. The predicted molar refractivity (Wildman–Crippen MR) is 62.8 cm³/mol. The fraction of sp³-hybridized carbons (Fsp3) is 0.462. The summed E-state index contributed by atoms with van der Waals surface area (Å²) >= 11 is 0. The molecule has 0 bridgehead atoms. The Morgan fingerprint density at radius 2 is 1.95 bits per heavy atom. The highest BCUT2D eigenvalue weighted by molar-refractivity contribution is 5.46. The van der Waals surface area contributed by atoms with Gasteiger partial charge in [0.15, 0.2) is 0 Å². The zero-order valence-electron chi connectivity index (χ0n) is 10.5. The second kappa shape index (κ2) is 7.00. The van der Waals surface area contributed by atoms with Crippen molar-refractivity contribution < 1.29 is 22.6 Å². The van der Waals surface area contributed by atoms with Gasteiger partial charge in [-0.25, -0.2) is 0 Å². The van der Waals surface area contributed by atoms with E-state index in [0.29, 0.717) is 13.2 Å². The second-order valence-corrected chi connectivity index (χ2v) is 3.78. The Labute approximate surface area is 109 Å². The van der Waals surface area contributed by atoms with Crippen LogP contribution in [0.5, 0.6) is 5.75 Å². The van der Waals surface area contributed by atoms with Crippen molar-refractivity contribution in [2.24, 2.45) is 0 Å². The van der Waals surface area contributed by atoms with Crippen LogP contribution in [0.1, 0.15) is 24.5 Å². The third-order valence-electron chi connectivity index (χ3n) is 2.26. The molecule has 1 aromatic rings. The Balaban J connectivity index is 2.67. The number of hydrogen-bond donors (Lipinski definition) is 0. The fourth-order valence-electron chi connectivity index (χ4n) is 1.38. The van der Waals surface area contributed by atoms with E-state index in [-0.39, 0.29) is 17.9 Å². The lowest BCUT2D eigenvalue weighted by Gasteiger charge is -2.11. The molecule has 0 aliphatic heterocycles. The number of ether oxygens (including phenoxy) is 2. The molecule has 0 atom stereocenters. The van der Waals surface area contributed by atoms with Gasteiger partial charge in [-0.2, -0.15) is 18.4 Å². The molecule has 6 heteroatoms. The number of alkyl halides is 3. The van der Waals surface area contributed by atoms with Crippen molar-refractivity contribution in [2.75, 3.05) is 19.8 Å². The maximum absolute atomic E-state index is 12.5. The van der Waals surface area contributed by atoms with Crippen molar-refractivity contribution >= 4 is 0 Å². The van der Waals surface area contributed by atoms with E-state index in [4.69, 9.17) is 14.7 Å². The normalized spacial score (nSPS) is 11.1. The molecule has 0 N–H and O–H groups in total. The molecule has 0 heterocycles. The van der Waals surface area contributed by atoms with Gasteiger partial charge in [0.25, 0.3) is 0 Å². The number of hydrogen-bond acceptors (Lipinski definition) is 3. The van der Waals surface area contributed by atoms with E-state index in [9.17, 15) is 13.2 Å². The van der Waals surface area contributed by atoms with Gasteiger partial charge in [-0.05, 0) is 24.6 Å². The molecule has 0 aromatic heterocycles. The van der Waals surface area contributed by atoms with E-state index in [1.54, 1.807) is 6.07 Å². The summed E-state index contributed by atoms with van der Waals surface area (Å²) in [4.78, 5) is 0. The van der Waals surface area contributed by atoms with Gasteiger partial charge in [-0.1, -0.05) is 6.92 Å². The summed E-state index contributed by atoms with van der Waals surface area (Å²) < 4.78 is 47.8. The maximum Gasteiger partial charge on any atom is 0.416 e. The van der Waals surface area contributed by atoms with E-state index in [1.165, 1.54) is 0 Å². The van der Waals surface area contributed by atoms with Gasteiger partial charge in [0.05, 0.1) is 17.7 Å². The monoisotopic (exact) mass is 273 g/mol. The predicted octanol–water partition coefficient (Wildman–Crippen LogP) is 3.38. The third kappa shape index (κ3) is 4.79. The summed E-state index contributed by atoms with van der Waals surface area (Å²) in [7, 11) is 0. The largest absolute Gasteiger partial charge is 0.490 e. The average Bonchev–Trinajstić information content (AvgIpc) is 2.37. The molecule has 0 amide bonds. The highest BCUT2D eigenvalue weighted by Gasteiger charge is 2.31. The van der Waals surface area contributed by atoms with Crippen LogP contribution in [0.3, 0.4) is 0 Å². The summed E-state index contributed by atoms with van der Waals surface area (Å²) in [6.45, 7) is 3.09. The van der Waals surface area contributed by atoms with E-state index in [2.05, 4.69) is 0 Å². The number of nitriles is 1. The van der Waals surface area contributed by atoms with Crippen molar-refractivity contribution in [3.8, 4) is 11.8 Å². The molecule has 0 radical (unpaired) electrons. The second-order valence-electron chi connectivity index (χ2n) is 3.78. The Morgan fingerprint density at radius 3 is 2.53 bits per heavy atom. The summed E-state index contributed by atoms with van der Waals surface area (Å²) in [5, 5.41) is 8.82. The quantitative estimate of drug-likeness (QED) is 0.746. The van der Waals surface area contributed by atoms with Crippen LogP contribution in [0.25, 0.3) is 0 Å². The fourth-order valence-corrected chi connectivity index (χ4v) is 1.38. The first-order chi connectivity index (χ1) is 8.99. The van der Waals surface area contributed by atoms with E-state index in [1.807, 2.05) is 6.92 Å². The maximum atomic E-state index is 12.5. The standard InChI is InChI=1S/C13H14F3NO2/c1-2-5-18-6-7-19-12-4-3-11(13(14,15)16)8-10(12)9-17/h3-4,8H,2,5-7H2,1H3. The molecule has 0 fully saturated rings. The number of benzene rings is 1. The highest BCUT2D eigenvalue weighted by Crippen LogP contribution is 2.32. The molecule has 19 heavy (non-hydrogen) atoms. The first-order valence-electron chi connectivity index (χ1n) is 5.81. The average molecular weight is 273 g/mol. The van der Waals surface area contributed by atoms with E-state index >= 15 is 0 Å². The molecule has 0 spiro atoms. The van der Waals surface area contributed by atoms with Crippen LogP contribution >= 0.6 is 0 Å². The summed E-state index contributed by atoms with van der Waals surface area (Å²) in [6.07, 6.45) is -3.59. The molecule has 0 saturated carbocycles. The Bertz CT molecular complexity index is 452. The van der Waals surface area contributed by atoms with Crippen molar-refractivity contribution in [3.63, 3.8) is 0 Å². The molecule has 0 saturated heterocycles. The zero-order valence-corrected chi connectivity index (χ0v) is 10.5. The molecule has 0 unspecified atom stereocenters. The van der Waals surface area contributed by atoms with Gasteiger partial charge < -0.3 is 9.47 Å². The van der Waals surface area contributed by atoms with Crippen LogP contribution in [0.15, 0.2) is 18.2 Å². The minimum Gasteiger partial charge on any atom is -0.490 e.